The molecule has 100 valence electrons. The van der Waals surface area contributed by atoms with Crippen molar-refractivity contribution in [3.8, 4) is 6.07 Å². The Morgan fingerprint density at radius 2 is 1.65 bits per heavy atom. The van der Waals surface area contributed by atoms with E-state index >= 15 is 0 Å². The smallest absolute Gasteiger partial charge is 0.238 e. The summed E-state index contributed by atoms with van der Waals surface area (Å²) < 4.78 is 0. The highest BCUT2D eigenvalue weighted by atomic mass is 16.1. The SMILES string of the molecule is N#CCC(=O)Nc1ccc(CCc2ccncc2)cc1. The second kappa shape index (κ2) is 7.05. The van der Waals surface area contributed by atoms with Crippen LogP contribution in [0.15, 0.2) is 48.8 Å². The zero-order valence-electron chi connectivity index (χ0n) is 11.0. The molecular formula is C16H15N3O. The molecule has 1 aromatic heterocycles. The van der Waals surface area contributed by atoms with Gasteiger partial charge in [-0.2, -0.15) is 5.26 Å². The van der Waals surface area contributed by atoms with Crippen molar-refractivity contribution in [2.24, 2.45) is 0 Å². The first-order valence-electron chi connectivity index (χ1n) is 6.42. The van der Waals surface area contributed by atoms with Gasteiger partial charge in [-0.05, 0) is 48.2 Å². The highest BCUT2D eigenvalue weighted by molar-refractivity contribution is 5.91. The first kappa shape index (κ1) is 13.8. The van der Waals surface area contributed by atoms with Crippen molar-refractivity contribution in [1.82, 2.24) is 4.98 Å². The largest absolute Gasteiger partial charge is 0.325 e. The maximum Gasteiger partial charge on any atom is 0.238 e. The Balaban J connectivity index is 1.89. The third-order valence-corrected chi connectivity index (χ3v) is 2.93. The Kier molecular flexibility index (Phi) is 4.85. The summed E-state index contributed by atoms with van der Waals surface area (Å²) in [5.41, 5.74) is 3.18. The maximum absolute atomic E-state index is 11.3. The van der Waals surface area contributed by atoms with E-state index in [4.69, 9.17) is 5.26 Å². The summed E-state index contributed by atoms with van der Waals surface area (Å²) in [5, 5.41) is 11.1. The van der Waals surface area contributed by atoms with Gasteiger partial charge in [0.15, 0.2) is 0 Å². The van der Waals surface area contributed by atoms with Crippen LogP contribution in [0, 0.1) is 11.3 Å². The van der Waals surface area contributed by atoms with Gasteiger partial charge in [0, 0.05) is 18.1 Å². The van der Waals surface area contributed by atoms with Gasteiger partial charge in [-0.15, -0.1) is 0 Å². The third-order valence-electron chi connectivity index (χ3n) is 2.93. The van der Waals surface area contributed by atoms with Gasteiger partial charge in [0.25, 0.3) is 0 Å². The molecule has 0 spiro atoms. The Bertz CT molecular complexity index is 600. The lowest BCUT2D eigenvalue weighted by atomic mass is 10.1. The third kappa shape index (κ3) is 4.21. The van der Waals surface area contributed by atoms with E-state index in [2.05, 4.69) is 10.3 Å². The van der Waals surface area contributed by atoms with Crippen LogP contribution < -0.4 is 5.32 Å². The van der Waals surface area contributed by atoms with Crippen LogP contribution in [-0.2, 0) is 17.6 Å². The lowest BCUT2D eigenvalue weighted by Crippen LogP contribution is -2.09. The van der Waals surface area contributed by atoms with Crippen molar-refractivity contribution in [2.45, 2.75) is 19.3 Å². The van der Waals surface area contributed by atoms with Gasteiger partial charge in [-0.25, -0.2) is 0 Å². The van der Waals surface area contributed by atoms with Crippen molar-refractivity contribution in [3.63, 3.8) is 0 Å². The van der Waals surface area contributed by atoms with Crippen molar-refractivity contribution < 1.29 is 4.79 Å². The summed E-state index contributed by atoms with van der Waals surface area (Å²) in [6, 6.07) is 13.5. The van der Waals surface area contributed by atoms with Crippen molar-refractivity contribution in [2.75, 3.05) is 5.32 Å². The minimum Gasteiger partial charge on any atom is -0.325 e. The normalized spacial score (nSPS) is 9.75. The standard InChI is InChI=1S/C16H15N3O/c17-10-7-16(20)19-15-5-3-13(4-6-15)1-2-14-8-11-18-12-9-14/h3-6,8-9,11-12H,1-2,7H2,(H,19,20). The van der Waals surface area contributed by atoms with Gasteiger partial charge in [0.05, 0.1) is 6.07 Å². The molecule has 0 aliphatic carbocycles. The number of hydrogen-bond acceptors (Lipinski definition) is 3. The van der Waals surface area contributed by atoms with Gasteiger partial charge in [0.1, 0.15) is 6.42 Å². The number of anilines is 1. The molecule has 2 rings (SSSR count). The van der Waals surface area contributed by atoms with Crippen LogP contribution in [0.5, 0.6) is 0 Å². The number of nitrogens with zero attached hydrogens (tertiary/aromatic N) is 2. The predicted molar refractivity (Wildman–Crippen MR) is 76.9 cm³/mol. The van der Waals surface area contributed by atoms with E-state index in [-0.39, 0.29) is 12.3 Å². The molecule has 0 bridgehead atoms. The molecule has 0 aliphatic heterocycles. The zero-order valence-corrected chi connectivity index (χ0v) is 11.0. The van der Waals surface area contributed by atoms with E-state index in [1.807, 2.05) is 42.5 Å². The number of pyridine rings is 1. The number of rotatable bonds is 5. The monoisotopic (exact) mass is 265 g/mol. The molecule has 0 atom stereocenters. The molecular weight excluding hydrogens is 250 g/mol. The Morgan fingerprint density at radius 3 is 2.25 bits per heavy atom. The zero-order chi connectivity index (χ0) is 14.2. The number of carbonyl (C=O) groups is 1. The Labute approximate surface area is 118 Å². The molecule has 0 radical (unpaired) electrons. The van der Waals surface area contributed by atoms with Crippen LogP contribution in [0.3, 0.4) is 0 Å². The molecule has 0 aliphatic rings. The van der Waals surface area contributed by atoms with Gasteiger partial charge in [-0.1, -0.05) is 12.1 Å². The van der Waals surface area contributed by atoms with Crippen molar-refractivity contribution >= 4 is 11.6 Å². The molecule has 0 saturated carbocycles. The molecule has 1 amide bonds. The molecule has 4 nitrogen and oxygen atoms in total. The quantitative estimate of drug-likeness (QED) is 0.904. The average Bonchev–Trinajstić information content (AvgIpc) is 2.48. The van der Waals surface area contributed by atoms with Crippen molar-refractivity contribution in [1.29, 1.82) is 5.26 Å². The molecule has 1 aromatic carbocycles. The van der Waals surface area contributed by atoms with Gasteiger partial charge in [-0.3, -0.25) is 9.78 Å². The van der Waals surface area contributed by atoms with E-state index in [0.717, 1.165) is 18.5 Å². The molecule has 0 saturated heterocycles. The average molecular weight is 265 g/mol. The summed E-state index contributed by atoms with van der Waals surface area (Å²) in [6.07, 6.45) is 5.37. The molecule has 0 fully saturated rings. The molecule has 4 heteroatoms. The Hall–Kier alpha value is -2.67. The van der Waals surface area contributed by atoms with Crippen LogP contribution in [0.25, 0.3) is 0 Å². The first-order chi connectivity index (χ1) is 9.78. The fraction of sp³-hybridized carbons (Fsp3) is 0.188. The van der Waals surface area contributed by atoms with E-state index < -0.39 is 0 Å². The van der Waals surface area contributed by atoms with Crippen LogP contribution in [0.4, 0.5) is 5.69 Å². The minimum atomic E-state index is -0.281. The number of aryl methyl sites for hydroxylation is 2. The molecule has 0 unspecified atom stereocenters. The number of aromatic nitrogens is 1. The number of carbonyl (C=O) groups excluding carboxylic acids is 1. The summed E-state index contributed by atoms with van der Waals surface area (Å²) in [7, 11) is 0. The highest BCUT2D eigenvalue weighted by Crippen LogP contribution is 2.12. The summed E-state index contributed by atoms with van der Waals surface area (Å²) in [6.45, 7) is 0. The van der Waals surface area contributed by atoms with Crippen LogP contribution in [0.2, 0.25) is 0 Å². The predicted octanol–water partition coefficient (Wildman–Crippen LogP) is 2.72. The van der Waals surface area contributed by atoms with E-state index in [1.54, 1.807) is 12.4 Å². The second-order valence-corrected chi connectivity index (χ2v) is 4.44. The first-order valence-corrected chi connectivity index (χ1v) is 6.42. The lowest BCUT2D eigenvalue weighted by Gasteiger charge is -2.05. The second-order valence-electron chi connectivity index (χ2n) is 4.44. The number of hydrogen-bond donors (Lipinski definition) is 1. The number of nitrogens with one attached hydrogen (secondary N) is 1. The van der Waals surface area contributed by atoms with Crippen LogP contribution >= 0.6 is 0 Å². The minimum absolute atomic E-state index is 0.121. The molecule has 20 heavy (non-hydrogen) atoms. The lowest BCUT2D eigenvalue weighted by molar-refractivity contribution is -0.115. The van der Waals surface area contributed by atoms with Crippen LogP contribution in [-0.4, -0.2) is 10.9 Å². The van der Waals surface area contributed by atoms with Crippen LogP contribution in [0.1, 0.15) is 17.5 Å². The molecule has 1 heterocycles. The molecule has 2 aromatic rings. The number of nitriles is 1. The number of amides is 1. The summed E-state index contributed by atoms with van der Waals surface area (Å²) >= 11 is 0. The maximum atomic E-state index is 11.3. The number of benzene rings is 1. The topological polar surface area (TPSA) is 65.8 Å². The van der Waals surface area contributed by atoms with E-state index in [1.165, 1.54) is 11.1 Å². The van der Waals surface area contributed by atoms with Gasteiger partial charge in [0.2, 0.25) is 5.91 Å². The van der Waals surface area contributed by atoms with Crippen molar-refractivity contribution in [3.05, 3.63) is 59.9 Å². The molecule has 1 N–H and O–H groups in total. The van der Waals surface area contributed by atoms with E-state index in [9.17, 15) is 4.79 Å². The van der Waals surface area contributed by atoms with Gasteiger partial charge < -0.3 is 5.32 Å². The van der Waals surface area contributed by atoms with Gasteiger partial charge >= 0.3 is 0 Å². The summed E-state index contributed by atoms with van der Waals surface area (Å²) in [4.78, 5) is 15.3. The fourth-order valence-electron chi connectivity index (χ4n) is 1.87. The van der Waals surface area contributed by atoms with E-state index in [0.29, 0.717) is 0 Å². The Morgan fingerprint density at radius 1 is 1.05 bits per heavy atom. The highest BCUT2D eigenvalue weighted by Gasteiger charge is 2.01. The fourth-order valence-corrected chi connectivity index (χ4v) is 1.87. The summed E-state index contributed by atoms with van der Waals surface area (Å²) in [5.74, 6) is -0.281.